The van der Waals surface area contributed by atoms with Crippen LogP contribution >= 0.6 is 11.8 Å². The molecular formula is C16H16N2O3S. The third kappa shape index (κ3) is 2.87. The summed E-state index contributed by atoms with van der Waals surface area (Å²) in [6.45, 7) is 1.85. The molecule has 1 aromatic carbocycles. The average Bonchev–Trinajstić information content (AvgIpc) is 3.03. The van der Waals surface area contributed by atoms with Gasteiger partial charge in [-0.05, 0) is 37.3 Å². The van der Waals surface area contributed by atoms with E-state index in [-0.39, 0.29) is 5.56 Å². The molecule has 2 aromatic heterocycles. The minimum absolute atomic E-state index is 0.0478. The smallest absolute Gasteiger partial charge is 0.262 e. The normalized spacial score (nSPS) is 11.0. The van der Waals surface area contributed by atoms with E-state index < -0.39 is 0 Å². The fraction of sp³-hybridized carbons (Fsp3) is 0.250. The van der Waals surface area contributed by atoms with Crippen LogP contribution in [0.25, 0.3) is 10.9 Å². The molecule has 0 saturated heterocycles. The van der Waals surface area contributed by atoms with E-state index in [9.17, 15) is 4.79 Å². The van der Waals surface area contributed by atoms with Crippen LogP contribution in [0.2, 0.25) is 0 Å². The number of hydrogen-bond donors (Lipinski definition) is 0. The zero-order valence-electron chi connectivity index (χ0n) is 12.4. The lowest BCUT2D eigenvalue weighted by molar-refractivity contribution is 0.415. The number of aromatic nitrogens is 2. The molecule has 0 bridgehead atoms. The summed E-state index contributed by atoms with van der Waals surface area (Å²) < 4.78 is 12.2. The Hall–Kier alpha value is -2.21. The maximum absolute atomic E-state index is 12.6. The fourth-order valence-corrected chi connectivity index (χ4v) is 3.17. The Kier molecular flexibility index (Phi) is 4.20. The van der Waals surface area contributed by atoms with Crippen molar-refractivity contribution in [3.63, 3.8) is 0 Å². The van der Waals surface area contributed by atoms with E-state index in [1.165, 1.54) is 0 Å². The first-order valence-electron chi connectivity index (χ1n) is 6.84. The van der Waals surface area contributed by atoms with Gasteiger partial charge in [0.05, 0.1) is 35.9 Å². The second kappa shape index (κ2) is 6.27. The van der Waals surface area contributed by atoms with Crippen LogP contribution in [0.15, 0.2) is 45.8 Å². The largest absolute Gasteiger partial charge is 0.497 e. The summed E-state index contributed by atoms with van der Waals surface area (Å²) in [5.41, 5.74) is 0.643. The van der Waals surface area contributed by atoms with Crippen LogP contribution in [0.3, 0.4) is 0 Å². The first-order valence-corrected chi connectivity index (χ1v) is 8.00. The van der Waals surface area contributed by atoms with E-state index in [1.54, 1.807) is 35.8 Å². The Bertz CT molecular complexity index is 840. The predicted octanol–water partition coefficient (Wildman–Crippen LogP) is 3.20. The second-order valence-electron chi connectivity index (χ2n) is 4.83. The number of benzene rings is 1. The van der Waals surface area contributed by atoms with E-state index in [4.69, 9.17) is 9.15 Å². The van der Waals surface area contributed by atoms with Gasteiger partial charge in [-0.3, -0.25) is 9.36 Å². The van der Waals surface area contributed by atoms with Crippen LogP contribution < -0.4 is 10.3 Å². The van der Waals surface area contributed by atoms with Crippen molar-refractivity contribution in [2.45, 2.75) is 18.6 Å². The Morgan fingerprint density at radius 1 is 1.36 bits per heavy atom. The molecule has 0 atom stereocenters. The number of thioether (sulfide) groups is 1. The highest BCUT2D eigenvalue weighted by molar-refractivity contribution is 7.97. The van der Waals surface area contributed by atoms with E-state index in [0.29, 0.717) is 28.4 Å². The topological polar surface area (TPSA) is 57.3 Å². The number of methoxy groups -OCH3 is 1. The summed E-state index contributed by atoms with van der Waals surface area (Å²) in [4.78, 5) is 17.1. The SMILES string of the molecule is COc1ccc2nc(C)n(CSCc3ccco3)c(=O)c2c1. The molecule has 0 aliphatic rings. The first kappa shape index (κ1) is 14.7. The number of nitrogens with zero attached hydrogens (tertiary/aromatic N) is 2. The molecule has 6 heteroatoms. The number of ether oxygens (including phenoxy) is 1. The maximum Gasteiger partial charge on any atom is 0.262 e. The van der Waals surface area contributed by atoms with Crippen molar-refractivity contribution in [3.05, 3.63) is 58.5 Å². The molecule has 3 aromatic rings. The summed E-state index contributed by atoms with van der Waals surface area (Å²) in [7, 11) is 1.58. The van der Waals surface area contributed by atoms with Gasteiger partial charge in [0, 0.05) is 0 Å². The summed E-state index contributed by atoms with van der Waals surface area (Å²) >= 11 is 1.61. The molecular weight excluding hydrogens is 300 g/mol. The summed E-state index contributed by atoms with van der Waals surface area (Å²) in [5.74, 6) is 3.51. The third-order valence-corrected chi connectivity index (χ3v) is 4.33. The van der Waals surface area contributed by atoms with Gasteiger partial charge < -0.3 is 9.15 Å². The van der Waals surface area contributed by atoms with E-state index >= 15 is 0 Å². The molecule has 0 fully saturated rings. The lowest BCUT2D eigenvalue weighted by Gasteiger charge is -2.10. The highest BCUT2D eigenvalue weighted by Crippen LogP contribution is 2.18. The van der Waals surface area contributed by atoms with Gasteiger partial charge in [-0.25, -0.2) is 4.98 Å². The lowest BCUT2D eigenvalue weighted by atomic mass is 10.2. The van der Waals surface area contributed by atoms with E-state index in [2.05, 4.69) is 4.98 Å². The zero-order chi connectivity index (χ0) is 15.5. The Morgan fingerprint density at radius 2 is 2.23 bits per heavy atom. The zero-order valence-corrected chi connectivity index (χ0v) is 13.2. The van der Waals surface area contributed by atoms with Crippen LogP contribution in [0, 0.1) is 6.92 Å². The molecule has 0 aliphatic carbocycles. The molecule has 0 radical (unpaired) electrons. The van der Waals surface area contributed by atoms with Crippen molar-refractivity contribution in [2.24, 2.45) is 0 Å². The Balaban J connectivity index is 1.89. The number of rotatable bonds is 5. The van der Waals surface area contributed by atoms with Gasteiger partial charge in [-0.1, -0.05) is 0 Å². The molecule has 3 rings (SSSR count). The van der Waals surface area contributed by atoms with Gasteiger partial charge in [-0.15, -0.1) is 11.8 Å². The molecule has 0 aliphatic heterocycles. The predicted molar refractivity (Wildman–Crippen MR) is 87.3 cm³/mol. The van der Waals surface area contributed by atoms with Crippen molar-refractivity contribution in [1.29, 1.82) is 0 Å². The first-order chi connectivity index (χ1) is 10.7. The monoisotopic (exact) mass is 316 g/mol. The summed E-state index contributed by atoms with van der Waals surface area (Å²) in [6, 6.07) is 9.13. The molecule has 5 nitrogen and oxygen atoms in total. The van der Waals surface area contributed by atoms with Gasteiger partial charge >= 0.3 is 0 Å². The Labute approximate surface area is 131 Å². The molecule has 22 heavy (non-hydrogen) atoms. The molecule has 0 unspecified atom stereocenters. The van der Waals surface area contributed by atoms with Crippen molar-refractivity contribution in [2.75, 3.05) is 7.11 Å². The summed E-state index contributed by atoms with van der Waals surface area (Å²) in [5, 5.41) is 0.573. The third-order valence-electron chi connectivity index (χ3n) is 3.40. The molecule has 0 saturated carbocycles. The molecule has 2 heterocycles. The molecule has 114 valence electrons. The van der Waals surface area contributed by atoms with Gasteiger partial charge in [-0.2, -0.15) is 0 Å². The quantitative estimate of drug-likeness (QED) is 0.723. The van der Waals surface area contributed by atoms with Gasteiger partial charge in [0.1, 0.15) is 17.3 Å². The van der Waals surface area contributed by atoms with Crippen molar-refractivity contribution < 1.29 is 9.15 Å². The van der Waals surface area contributed by atoms with Crippen molar-refractivity contribution in [3.8, 4) is 5.75 Å². The van der Waals surface area contributed by atoms with Gasteiger partial charge in [0.15, 0.2) is 0 Å². The highest BCUT2D eigenvalue weighted by atomic mass is 32.2. The molecule has 0 N–H and O–H groups in total. The van der Waals surface area contributed by atoms with Crippen molar-refractivity contribution in [1.82, 2.24) is 9.55 Å². The molecule has 0 amide bonds. The Morgan fingerprint density at radius 3 is 2.95 bits per heavy atom. The lowest BCUT2D eigenvalue weighted by Crippen LogP contribution is -2.23. The van der Waals surface area contributed by atoms with E-state index in [0.717, 1.165) is 11.5 Å². The van der Waals surface area contributed by atoms with Gasteiger partial charge in [0.2, 0.25) is 0 Å². The number of aryl methyl sites for hydroxylation is 1. The maximum atomic E-state index is 12.6. The second-order valence-corrected chi connectivity index (χ2v) is 5.79. The number of hydrogen-bond acceptors (Lipinski definition) is 5. The standard InChI is InChI=1S/C16H16N2O3S/c1-11-17-15-6-5-12(20-2)8-14(15)16(19)18(11)10-22-9-13-4-3-7-21-13/h3-8H,9-10H2,1-2H3. The van der Waals surface area contributed by atoms with Crippen LogP contribution in [0.4, 0.5) is 0 Å². The van der Waals surface area contributed by atoms with E-state index in [1.807, 2.05) is 31.2 Å². The van der Waals surface area contributed by atoms with Crippen molar-refractivity contribution >= 4 is 22.7 Å². The number of fused-ring (bicyclic) bond motifs is 1. The minimum Gasteiger partial charge on any atom is -0.497 e. The van der Waals surface area contributed by atoms with Crippen LogP contribution in [0.1, 0.15) is 11.6 Å². The number of furan rings is 1. The van der Waals surface area contributed by atoms with Crippen LogP contribution in [0.5, 0.6) is 5.75 Å². The van der Waals surface area contributed by atoms with Crippen LogP contribution in [-0.2, 0) is 11.6 Å². The highest BCUT2D eigenvalue weighted by Gasteiger charge is 2.09. The van der Waals surface area contributed by atoms with Crippen LogP contribution in [-0.4, -0.2) is 16.7 Å². The minimum atomic E-state index is -0.0478. The fourth-order valence-electron chi connectivity index (χ4n) is 2.22. The van der Waals surface area contributed by atoms with Gasteiger partial charge in [0.25, 0.3) is 5.56 Å². The molecule has 0 spiro atoms. The average molecular weight is 316 g/mol. The summed E-state index contributed by atoms with van der Waals surface area (Å²) in [6.07, 6.45) is 1.65.